The molecule has 3 saturated heterocycles. The third-order valence-corrected chi connectivity index (χ3v) is 5.03. The van der Waals surface area contributed by atoms with Gasteiger partial charge in [0.05, 0.1) is 6.21 Å². The van der Waals surface area contributed by atoms with Gasteiger partial charge < -0.3 is 15.3 Å². The molecule has 0 aliphatic carbocycles. The molecule has 0 aromatic heterocycles. The van der Waals surface area contributed by atoms with E-state index < -0.39 is 0 Å². The van der Waals surface area contributed by atoms with Gasteiger partial charge in [-0.1, -0.05) is 15.9 Å². The lowest BCUT2D eigenvalue weighted by Gasteiger charge is -2.45. The molecule has 4 rings (SSSR count). The first-order valence-corrected chi connectivity index (χ1v) is 8.62. The zero-order valence-corrected chi connectivity index (χ0v) is 14.5. The number of aromatic hydroxyl groups is 1. The molecule has 3 aliphatic heterocycles. The molecule has 3 aliphatic rings. The summed E-state index contributed by atoms with van der Waals surface area (Å²) in [6.07, 6.45) is 4.05. The highest BCUT2D eigenvalue weighted by molar-refractivity contribution is 9.10. The van der Waals surface area contributed by atoms with Crippen LogP contribution in [0.1, 0.15) is 18.4 Å². The summed E-state index contributed by atoms with van der Waals surface area (Å²) in [4.78, 5) is 2.48. The van der Waals surface area contributed by atoms with Crippen molar-refractivity contribution in [3.05, 3.63) is 28.2 Å². The van der Waals surface area contributed by atoms with Crippen LogP contribution < -0.4 is 10.7 Å². The van der Waals surface area contributed by atoms with Crippen molar-refractivity contribution in [3.8, 4) is 5.75 Å². The molecule has 5 nitrogen and oxygen atoms in total. The summed E-state index contributed by atoms with van der Waals surface area (Å²) in [5, 5.41) is 17.7. The lowest BCUT2D eigenvalue weighted by atomic mass is 9.84. The number of piperidine rings is 3. The van der Waals surface area contributed by atoms with Crippen LogP contribution in [0.2, 0.25) is 0 Å². The summed E-state index contributed by atoms with van der Waals surface area (Å²) in [5.74, 6) is 0.896. The molecule has 0 spiro atoms. The molecule has 3 heterocycles. The lowest BCUT2D eigenvalue weighted by Crippen LogP contribution is -2.58. The largest absolute Gasteiger partial charge is 0.507 e. The van der Waals surface area contributed by atoms with Gasteiger partial charge >= 0.3 is 0 Å². The van der Waals surface area contributed by atoms with Gasteiger partial charge in [-0.15, -0.1) is 0 Å². The fourth-order valence-corrected chi connectivity index (χ4v) is 3.70. The molecule has 1 unspecified atom stereocenters. The Labute approximate surface area is 143 Å². The third-order valence-electron chi connectivity index (χ3n) is 4.33. The second-order valence-corrected chi connectivity index (χ2v) is 7.12. The number of hydrogen-bond donors (Lipinski definition) is 3. The second kappa shape index (κ2) is 6.93. The van der Waals surface area contributed by atoms with Crippen LogP contribution in [-0.4, -0.2) is 47.0 Å². The number of phenols is 1. The van der Waals surface area contributed by atoms with Gasteiger partial charge in [-0.25, -0.2) is 0 Å². The number of halogens is 1. The first kappa shape index (κ1) is 15.7. The van der Waals surface area contributed by atoms with E-state index in [0.29, 0.717) is 22.6 Å². The molecule has 1 aromatic rings. The van der Waals surface area contributed by atoms with Crippen LogP contribution in [0, 0.1) is 5.92 Å². The Hall–Kier alpha value is -1.18. The monoisotopic (exact) mass is 382 g/mol. The molecule has 0 amide bonds. The first-order valence-electron chi connectivity index (χ1n) is 7.42. The molecule has 1 aromatic carbocycles. The van der Waals surface area contributed by atoms with Crippen molar-refractivity contribution < 1.29 is 5.11 Å². The van der Waals surface area contributed by atoms with Gasteiger partial charge in [0.25, 0.3) is 0 Å². The molecule has 22 heavy (non-hydrogen) atoms. The Morgan fingerprint density at radius 1 is 1.41 bits per heavy atom. The van der Waals surface area contributed by atoms with E-state index in [1.165, 1.54) is 25.9 Å². The summed E-state index contributed by atoms with van der Waals surface area (Å²) in [5.41, 5.74) is 3.46. The van der Waals surface area contributed by atoms with E-state index in [1.54, 1.807) is 24.4 Å². The van der Waals surface area contributed by atoms with Crippen molar-refractivity contribution in [2.24, 2.45) is 11.0 Å². The van der Waals surface area contributed by atoms with Crippen LogP contribution in [0.3, 0.4) is 0 Å². The fourth-order valence-electron chi connectivity index (χ4n) is 3.12. The Morgan fingerprint density at radius 3 is 2.86 bits per heavy atom. The third kappa shape index (κ3) is 3.77. The zero-order valence-electron chi connectivity index (χ0n) is 12.1. The molecule has 118 valence electrons. The minimum Gasteiger partial charge on any atom is -0.507 e. The van der Waals surface area contributed by atoms with Crippen molar-refractivity contribution in [1.82, 2.24) is 15.6 Å². The first-order chi connectivity index (χ1) is 10.6. The lowest BCUT2D eigenvalue weighted by molar-refractivity contribution is 0.0812. The quantitative estimate of drug-likeness (QED) is 0.424. The molecular formula is C15H19BrN4OS. The van der Waals surface area contributed by atoms with Crippen molar-refractivity contribution in [3.63, 3.8) is 0 Å². The van der Waals surface area contributed by atoms with E-state index >= 15 is 0 Å². The van der Waals surface area contributed by atoms with Crippen LogP contribution in [0.25, 0.3) is 0 Å². The number of nitrogens with zero attached hydrogens (tertiary/aromatic N) is 2. The highest BCUT2D eigenvalue weighted by Crippen LogP contribution is 2.27. The smallest absolute Gasteiger partial charge is 0.187 e. The van der Waals surface area contributed by atoms with Crippen molar-refractivity contribution in [2.45, 2.75) is 18.9 Å². The van der Waals surface area contributed by atoms with E-state index in [9.17, 15) is 5.11 Å². The van der Waals surface area contributed by atoms with Crippen molar-refractivity contribution in [2.75, 3.05) is 19.6 Å². The molecule has 7 heteroatoms. The average molecular weight is 383 g/mol. The number of phenolic OH excluding ortho intramolecular Hbond substituents is 1. The van der Waals surface area contributed by atoms with Gasteiger partial charge in [-0.2, -0.15) is 5.10 Å². The summed E-state index contributed by atoms with van der Waals surface area (Å²) in [7, 11) is 0. The van der Waals surface area contributed by atoms with Gasteiger partial charge in [-0.05, 0) is 62.3 Å². The van der Waals surface area contributed by atoms with E-state index in [1.807, 2.05) is 0 Å². The van der Waals surface area contributed by atoms with Crippen molar-refractivity contribution in [1.29, 1.82) is 0 Å². The number of fused-ring (bicyclic) bond motifs is 3. The van der Waals surface area contributed by atoms with E-state index in [4.69, 9.17) is 12.2 Å². The summed E-state index contributed by atoms with van der Waals surface area (Å²) in [6, 6.07) is 5.61. The molecular weight excluding hydrogens is 364 g/mol. The Balaban J connectivity index is 1.52. The van der Waals surface area contributed by atoms with Crippen molar-refractivity contribution >= 4 is 39.5 Å². The zero-order chi connectivity index (χ0) is 15.5. The molecule has 3 fully saturated rings. The van der Waals surface area contributed by atoms with Gasteiger partial charge in [0.1, 0.15) is 5.75 Å². The molecule has 0 saturated carbocycles. The van der Waals surface area contributed by atoms with Gasteiger partial charge in [0, 0.05) is 22.6 Å². The summed E-state index contributed by atoms with van der Waals surface area (Å²) in [6.45, 7) is 3.48. The highest BCUT2D eigenvalue weighted by atomic mass is 79.9. The summed E-state index contributed by atoms with van der Waals surface area (Å²) >= 11 is 8.66. The van der Waals surface area contributed by atoms with E-state index in [-0.39, 0.29) is 5.75 Å². The minimum absolute atomic E-state index is 0.185. The van der Waals surface area contributed by atoms with Crippen LogP contribution in [0.15, 0.2) is 27.8 Å². The van der Waals surface area contributed by atoms with Crippen LogP contribution in [0.5, 0.6) is 5.75 Å². The number of rotatable bonds is 3. The number of benzene rings is 1. The normalized spacial score (nSPS) is 27.0. The SMILES string of the molecule is Oc1ccc(Br)cc1C=NNC(=S)NC1CN2CCC1CC2. The maximum absolute atomic E-state index is 9.74. The Bertz CT molecular complexity index is 587. The Kier molecular flexibility index (Phi) is 4.95. The van der Waals surface area contributed by atoms with Gasteiger partial charge in [-0.3, -0.25) is 5.43 Å². The fraction of sp³-hybridized carbons (Fsp3) is 0.467. The van der Waals surface area contributed by atoms with Crippen LogP contribution in [0.4, 0.5) is 0 Å². The number of thiocarbonyl (C=S) groups is 1. The van der Waals surface area contributed by atoms with Gasteiger partial charge in [0.2, 0.25) is 0 Å². The Morgan fingerprint density at radius 2 is 2.18 bits per heavy atom. The summed E-state index contributed by atoms with van der Waals surface area (Å²) < 4.78 is 0.889. The minimum atomic E-state index is 0.185. The second-order valence-electron chi connectivity index (χ2n) is 5.79. The van der Waals surface area contributed by atoms with Crippen LogP contribution in [-0.2, 0) is 0 Å². The maximum Gasteiger partial charge on any atom is 0.187 e. The molecule has 3 N–H and O–H groups in total. The maximum atomic E-state index is 9.74. The molecule has 0 radical (unpaired) electrons. The molecule has 1 atom stereocenters. The topological polar surface area (TPSA) is 59.9 Å². The van der Waals surface area contributed by atoms with Crippen LogP contribution >= 0.6 is 28.1 Å². The number of hydrazone groups is 1. The van der Waals surface area contributed by atoms with E-state index in [0.717, 1.165) is 11.0 Å². The number of nitrogens with one attached hydrogen (secondary N) is 2. The van der Waals surface area contributed by atoms with E-state index in [2.05, 4.69) is 36.7 Å². The highest BCUT2D eigenvalue weighted by Gasteiger charge is 2.34. The standard InChI is InChI=1S/C15H19BrN4OS/c16-12-1-2-14(21)11(7-12)8-17-19-15(22)18-13-9-20-5-3-10(13)4-6-20/h1-2,7-8,10,13,21H,3-6,9H2,(H2,18,19,22). The predicted molar refractivity (Wildman–Crippen MR) is 95.2 cm³/mol. The van der Waals surface area contributed by atoms with Gasteiger partial charge in [0.15, 0.2) is 5.11 Å². The molecule has 2 bridgehead atoms. The predicted octanol–water partition coefficient (Wildman–Crippen LogP) is 2.05. The number of hydrogen-bond acceptors (Lipinski definition) is 4. The average Bonchev–Trinajstić information content (AvgIpc) is 2.52.